The van der Waals surface area contributed by atoms with Crippen molar-refractivity contribution in [2.75, 3.05) is 18.0 Å². The van der Waals surface area contributed by atoms with Gasteiger partial charge in [-0.3, -0.25) is 4.79 Å². The van der Waals surface area contributed by atoms with E-state index in [1.807, 2.05) is 36.4 Å². The Bertz CT molecular complexity index is 1150. The topological polar surface area (TPSA) is 99.1 Å². The Labute approximate surface area is 233 Å². The Kier molecular flexibility index (Phi) is 9.89. The quantitative estimate of drug-likeness (QED) is 0.294. The molecule has 0 aromatic heterocycles. The number of halogens is 3. The van der Waals surface area contributed by atoms with E-state index in [1.54, 1.807) is 39.8 Å². The minimum Gasteiger partial charge on any atom is -0.447 e. The Balaban J connectivity index is 1.72. The van der Waals surface area contributed by atoms with Crippen LogP contribution in [0, 0.1) is 5.92 Å². The second kappa shape index (κ2) is 12.6. The summed E-state index contributed by atoms with van der Waals surface area (Å²) in [7, 11) is 0. The molecular formula is C30H39F3N2O5. The fourth-order valence-electron chi connectivity index (χ4n) is 4.69. The zero-order chi connectivity index (χ0) is 29.7. The smallest absolute Gasteiger partial charge is 0.417 e. The van der Waals surface area contributed by atoms with Gasteiger partial charge in [-0.1, -0.05) is 36.4 Å². The first-order valence-electron chi connectivity index (χ1n) is 13.6. The van der Waals surface area contributed by atoms with Crippen LogP contribution in [0.15, 0.2) is 48.5 Å². The predicted octanol–water partition coefficient (Wildman–Crippen LogP) is 5.92. The minimum atomic E-state index is -4.78. The summed E-state index contributed by atoms with van der Waals surface area (Å²) in [6.07, 6.45) is -4.96. The zero-order valence-corrected chi connectivity index (χ0v) is 23.4. The predicted molar refractivity (Wildman–Crippen MR) is 147 cm³/mol. The van der Waals surface area contributed by atoms with Crippen LogP contribution in [0.3, 0.4) is 0 Å². The van der Waals surface area contributed by atoms with Gasteiger partial charge in [0, 0.05) is 24.7 Å². The molecule has 2 aromatic rings. The summed E-state index contributed by atoms with van der Waals surface area (Å²) in [6.45, 7) is 7.57. The number of aliphatic hydroxyl groups is 2. The summed E-state index contributed by atoms with van der Waals surface area (Å²) in [5.74, 6) is -1.39. The van der Waals surface area contributed by atoms with Gasteiger partial charge in [0.05, 0.1) is 11.7 Å². The van der Waals surface area contributed by atoms with Crippen LogP contribution < -0.4 is 10.2 Å². The van der Waals surface area contributed by atoms with Crippen LogP contribution in [0.4, 0.5) is 23.7 Å². The van der Waals surface area contributed by atoms with Crippen LogP contribution in [-0.4, -0.2) is 53.2 Å². The van der Waals surface area contributed by atoms with Crippen LogP contribution in [0.25, 0.3) is 11.1 Å². The molecule has 1 aliphatic rings. The van der Waals surface area contributed by atoms with E-state index in [4.69, 9.17) is 4.74 Å². The molecule has 1 fully saturated rings. The first-order chi connectivity index (χ1) is 18.6. The van der Waals surface area contributed by atoms with Gasteiger partial charge in [-0.15, -0.1) is 0 Å². The number of carbonyl (C=O) groups is 2. The van der Waals surface area contributed by atoms with Gasteiger partial charge in [-0.25, -0.2) is 4.79 Å². The lowest BCUT2D eigenvalue weighted by Gasteiger charge is -2.45. The van der Waals surface area contributed by atoms with Crippen molar-refractivity contribution < 1.29 is 37.7 Å². The van der Waals surface area contributed by atoms with Gasteiger partial charge in [0.25, 0.3) is 0 Å². The third-order valence-electron chi connectivity index (χ3n) is 7.06. The number of benzene rings is 2. The SMILES string of the molecule is CC(C)OC(=O)NCCCCCN(c1cccc(-c2ccc(C(C)(C)O)cc2)c1)C(=O)[C@H]1C[C@](O)(C(F)(F)F)C1. The average Bonchev–Trinajstić information content (AvgIpc) is 2.84. The molecule has 3 rings (SSSR count). The molecule has 0 unspecified atom stereocenters. The van der Waals surface area contributed by atoms with Crippen molar-refractivity contribution in [2.45, 2.75) is 83.3 Å². The molecule has 2 amide bonds. The van der Waals surface area contributed by atoms with Crippen LogP contribution >= 0.6 is 0 Å². The number of carbonyl (C=O) groups excluding carboxylic acids is 2. The van der Waals surface area contributed by atoms with Crippen LogP contribution in [-0.2, 0) is 15.1 Å². The number of ether oxygens (including phenoxy) is 1. The van der Waals surface area contributed by atoms with Crippen molar-refractivity contribution in [3.63, 3.8) is 0 Å². The molecule has 0 saturated heterocycles. The van der Waals surface area contributed by atoms with Crippen molar-refractivity contribution in [1.82, 2.24) is 5.32 Å². The van der Waals surface area contributed by atoms with E-state index < -0.39 is 48.1 Å². The highest BCUT2D eigenvalue weighted by molar-refractivity contribution is 5.96. The molecule has 0 atom stereocenters. The maximum absolute atomic E-state index is 13.4. The van der Waals surface area contributed by atoms with Gasteiger partial charge in [0.1, 0.15) is 0 Å². The standard InChI is InChI=1S/C30H39F3N2O5/c1-20(2)40-27(37)34-15-6-5-7-16-35(26(36)23-18-29(39,19-23)30(31,32)33)25-10-8-9-22(17-25)21-11-13-24(14-12-21)28(3,4)38/h8-14,17,20,23,38-39H,5-7,15-16,18-19H2,1-4H3,(H,34,37)/t23-,29+. The van der Waals surface area contributed by atoms with E-state index in [1.165, 1.54) is 4.90 Å². The molecule has 40 heavy (non-hydrogen) atoms. The number of nitrogens with zero attached hydrogens (tertiary/aromatic N) is 1. The molecule has 1 aliphatic carbocycles. The highest BCUT2D eigenvalue weighted by Crippen LogP contribution is 2.49. The number of unbranched alkanes of at least 4 members (excludes halogenated alkanes) is 2. The summed E-state index contributed by atoms with van der Waals surface area (Å²) in [5, 5.41) is 22.8. The third kappa shape index (κ3) is 7.97. The highest BCUT2D eigenvalue weighted by Gasteiger charge is 2.63. The van der Waals surface area contributed by atoms with Gasteiger partial charge in [-0.2, -0.15) is 13.2 Å². The summed E-state index contributed by atoms with van der Waals surface area (Å²) < 4.78 is 44.6. The number of alkyl carbamates (subject to hydrolysis) is 1. The molecule has 7 nitrogen and oxygen atoms in total. The van der Waals surface area contributed by atoms with Crippen molar-refractivity contribution >= 4 is 17.7 Å². The highest BCUT2D eigenvalue weighted by atomic mass is 19.4. The van der Waals surface area contributed by atoms with E-state index in [2.05, 4.69) is 5.32 Å². The van der Waals surface area contributed by atoms with E-state index in [9.17, 15) is 33.0 Å². The third-order valence-corrected chi connectivity index (χ3v) is 7.06. The summed E-state index contributed by atoms with van der Waals surface area (Å²) in [4.78, 5) is 26.5. The first kappa shape index (κ1) is 31.4. The number of anilines is 1. The van der Waals surface area contributed by atoms with E-state index in [0.717, 1.165) is 16.7 Å². The number of rotatable bonds is 11. The van der Waals surface area contributed by atoms with E-state index in [0.29, 0.717) is 31.5 Å². The Morgan fingerprint density at radius 3 is 2.27 bits per heavy atom. The molecule has 2 aromatic carbocycles. The van der Waals surface area contributed by atoms with Crippen LogP contribution in [0.5, 0.6) is 0 Å². The lowest BCUT2D eigenvalue weighted by atomic mass is 9.69. The van der Waals surface area contributed by atoms with Crippen LogP contribution in [0.1, 0.15) is 65.4 Å². The number of alkyl halides is 3. The number of hydrogen-bond acceptors (Lipinski definition) is 5. The molecule has 0 bridgehead atoms. The summed E-state index contributed by atoms with van der Waals surface area (Å²) in [5.41, 5.74) is -0.857. The summed E-state index contributed by atoms with van der Waals surface area (Å²) in [6, 6.07) is 14.6. The molecule has 10 heteroatoms. The number of amides is 2. The lowest BCUT2D eigenvalue weighted by molar-refractivity contribution is -0.295. The van der Waals surface area contributed by atoms with Crippen molar-refractivity contribution in [3.05, 3.63) is 54.1 Å². The van der Waals surface area contributed by atoms with Gasteiger partial charge in [0.2, 0.25) is 5.91 Å². The molecule has 0 heterocycles. The molecule has 3 N–H and O–H groups in total. The Morgan fingerprint density at radius 2 is 1.70 bits per heavy atom. The van der Waals surface area contributed by atoms with Crippen molar-refractivity contribution in [1.29, 1.82) is 0 Å². The Hall–Kier alpha value is -3.11. The van der Waals surface area contributed by atoms with Crippen molar-refractivity contribution in [2.24, 2.45) is 5.92 Å². The molecule has 0 radical (unpaired) electrons. The normalized spacial score (nSPS) is 19.2. The average molecular weight is 565 g/mol. The van der Waals surface area contributed by atoms with Gasteiger partial charge in [-0.05, 0) is 88.6 Å². The fraction of sp³-hybridized carbons (Fsp3) is 0.533. The summed E-state index contributed by atoms with van der Waals surface area (Å²) >= 11 is 0. The van der Waals surface area contributed by atoms with Crippen molar-refractivity contribution in [3.8, 4) is 11.1 Å². The zero-order valence-electron chi connectivity index (χ0n) is 23.4. The molecular weight excluding hydrogens is 525 g/mol. The molecule has 0 aliphatic heterocycles. The number of nitrogens with one attached hydrogen (secondary N) is 1. The molecule has 220 valence electrons. The van der Waals surface area contributed by atoms with E-state index >= 15 is 0 Å². The lowest BCUT2D eigenvalue weighted by Crippen LogP contribution is -2.59. The largest absolute Gasteiger partial charge is 0.447 e. The Morgan fingerprint density at radius 1 is 1.05 bits per heavy atom. The maximum atomic E-state index is 13.4. The first-order valence-corrected chi connectivity index (χ1v) is 13.6. The second-order valence-corrected chi connectivity index (χ2v) is 11.3. The maximum Gasteiger partial charge on any atom is 0.417 e. The minimum absolute atomic E-state index is 0.226. The molecule has 0 spiro atoms. The second-order valence-electron chi connectivity index (χ2n) is 11.3. The molecule has 1 saturated carbocycles. The van der Waals surface area contributed by atoms with Gasteiger partial charge >= 0.3 is 12.3 Å². The van der Waals surface area contributed by atoms with E-state index in [-0.39, 0.29) is 12.6 Å². The monoisotopic (exact) mass is 564 g/mol. The van der Waals surface area contributed by atoms with Gasteiger partial charge < -0.3 is 25.2 Å². The van der Waals surface area contributed by atoms with Gasteiger partial charge in [0.15, 0.2) is 5.60 Å². The fourth-order valence-corrected chi connectivity index (χ4v) is 4.69. The van der Waals surface area contributed by atoms with Crippen LogP contribution in [0.2, 0.25) is 0 Å². The number of hydrogen-bond donors (Lipinski definition) is 3.